The molecule has 10 N–H and O–H groups in total. The van der Waals surface area contributed by atoms with Crippen LogP contribution in [-0.2, 0) is 38.4 Å². The fourth-order valence-corrected chi connectivity index (χ4v) is 4.21. The highest BCUT2D eigenvalue weighted by atomic mass is 16.4. The Labute approximate surface area is 257 Å². The molecule has 0 unspecified atom stereocenters. The van der Waals surface area contributed by atoms with Gasteiger partial charge in [-0.2, -0.15) is 0 Å². The average molecular weight is 628 g/mol. The first-order chi connectivity index (χ1) is 20.4. The van der Waals surface area contributed by atoms with Gasteiger partial charge in [-0.3, -0.25) is 33.6 Å². The van der Waals surface area contributed by atoms with Gasteiger partial charge < -0.3 is 48.0 Å². The molecular weight excluding hydrogens is 578 g/mol. The van der Waals surface area contributed by atoms with Gasteiger partial charge in [-0.25, -0.2) is 0 Å². The fourth-order valence-electron chi connectivity index (χ4n) is 4.21. The molecular formula is C28H49N7O9. The molecule has 0 radical (unpaired) electrons. The van der Waals surface area contributed by atoms with Crippen LogP contribution in [0.5, 0.6) is 0 Å². The third-order valence-electron chi connectivity index (χ3n) is 6.15. The number of hydrogen-bond donors (Lipinski definition) is 8. The number of primary amides is 1. The van der Waals surface area contributed by atoms with Crippen molar-refractivity contribution in [2.45, 2.75) is 104 Å². The number of nitrogens with one attached hydrogen (secondary N) is 5. The van der Waals surface area contributed by atoms with E-state index in [9.17, 15) is 43.5 Å². The minimum atomic E-state index is -1.51. The lowest BCUT2D eigenvalue weighted by molar-refractivity contribution is -0.141. The number of amides is 6. The van der Waals surface area contributed by atoms with Crippen LogP contribution in [-0.4, -0.2) is 89.6 Å². The molecule has 0 spiro atoms. The van der Waals surface area contributed by atoms with E-state index in [1.165, 1.54) is 0 Å². The fraction of sp³-hybridized carbons (Fsp3) is 0.714. The molecule has 0 saturated heterocycles. The summed E-state index contributed by atoms with van der Waals surface area (Å²) in [6.45, 7) is 10.3. The van der Waals surface area contributed by atoms with Crippen molar-refractivity contribution in [3.8, 4) is 0 Å². The van der Waals surface area contributed by atoms with Gasteiger partial charge in [0, 0.05) is 0 Å². The van der Waals surface area contributed by atoms with Crippen molar-refractivity contribution in [1.82, 2.24) is 26.6 Å². The lowest BCUT2D eigenvalue weighted by Gasteiger charge is -2.28. The molecule has 0 aromatic carbocycles. The zero-order valence-corrected chi connectivity index (χ0v) is 26.3. The van der Waals surface area contributed by atoms with Crippen LogP contribution in [0.2, 0.25) is 0 Å². The Balaban J connectivity index is 6.01. The molecule has 0 aliphatic rings. The molecule has 0 aliphatic carbocycles. The second-order valence-corrected chi connectivity index (χ2v) is 11.9. The zero-order valence-electron chi connectivity index (χ0n) is 26.3. The highest BCUT2D eigenvalue weighted by molar-refractivity contribution is 5.97. The van der Waals surface area contributed by atoms with Crippen LogP contribution >= 0.6 is 0 Å². The third kappa shape index (κ3) is 16.5. The molecule has 6 amide bonds. The Morgan fingerprint density at radius 3 is 1.36 bits per heavy atom. The number of carboxylic acids is 1. The Bertz CT molecular complexity index is 1030. The van der Waals surface area contributed by atoms with E-state index >= 15 is 0 Å². The van der Waals surface area contributed by atoms with E-state index in [1.807, 2.05) is 13.8 Å². The van der Waals surface area contributed by atoms with E-state index in [1.54, 1.807) is 27.7 Å². The van der Waals surface area contributed by atoms with Crippen LogP contribution in [0.3, 0.4) is 0 Å². The van der Waals surface area contributed by atoms with Gasteiger partial charge in [-0.1, -0.05) is 41.5 Å². The van der Waals surface area contributed by atoms with Crippen LogP contribution in [0.15, 0.2) is 0 Å². The van der Waals surface area contributed by atoms with Crippen molar-refractivity contribution in [3.05, 3.63) is 0 Å². The van der Waals surface area contributed by atoms with Crippen LogP contribution in [0, 0.1) is 17.8 Å². The molecule has 0 heterocycles. The Morgan fingerprint density at radius 1 is 0.614 bits per heavy atom. The normalized spacial score (nSPS) is 14.5. The summed E-state index contributed by atoms with van der Waals surface area (Å²) < 4.78 is 0. The van der Waals surface area contributed by atoms with Gasteiger partial charge in [0.25, 0.3) is 0 Å². The van der Waals surface area contributed by atoms with Crippen molar-refractivity contribution >= 4 is 47.7 Å². The standard InChI is InChI=1S/C28H49N7O9/c1-14(2)7-17(13-36)31-25(41)20(10-22(30)37)35-27(43)19(9-16(5)6)33-26(42)18(8-15(3)4)34-28(44)21(11-24(39)40)32-23(38)12-29/h13-21H,7-12,29H2,1-6H3,(H2,30,37)(H,31,41)(H,32,38)(H,33,42)(H,34,44)(H,35,43)(H,39,40)/t17-,18-,19-,20-,21-/m0/s1. The van der Waals surface area contributed by atoms with E-state index in [0.29, 0.717) is 12.7 Å². The van der Waals surface area contributed by atoms with Crippen LogP contribution in [0.1, 0.15) is 73.6 Å². The zero-order chi connectivity index (χ0) is 34.1. The van der Waals surface area contributed by atoms with Crippen molar-refractivity contribution < 1.29 is 43.5 Å². The SMILES string of the molecule is CC(C)C[C@@H](C=O)NC(=O)[C@H](CC(N)=O)NC(=O)[C@H](CC(C)C)NC(=O)[C@H](CC(C)C)NC(=O)[C@H](CC(=O)O)NC(=O)CN. The maximum atomic E-state index is 13.4. The number of carbonyl (C=O) groups is 8. The molecule has 5 atom stereocenters. The summed E-state index contributed by atoms with van der Waals surface area (Å²) in [5, 5.41) is 21.3. The average Bonchev–Trinajstić information content (AvgIpc) is 2.89. The number of rotatable bonds is 21. The first kappa shape index (κ1) is 39.9. The van der Waals surface area contributed by atoms with Gasteiger partial charge in [0.1, 0.15) is 30.5 Å². The van der Waals surface area contributed by atoms with Gasteiger partial charge in [-0.15, -0.1) is 0 Å². The topological polar surface area (TPSA) is 269 Å². The van der Waals surface area contributed by atoms with Crippen LogP contribution < -0.4 is 38.1 Å². The van der Waals surface area contributed by atoms with E-state index < -0.39 is 91.0 Å². The molecule has 0 aliphatic heterocycles. The number of carboxylic acid groups (broad SMARTS) is 1. The van der Waals surface area contributed by atoms with Gasteiger partial charge in [0.2, 0.25) is 35.4 Å². The molecule has 16 heteroatoms. The smallest absolute Gasteiger partial charge is 0.305 e. The molecule has 0 aromatic rings. The molecule has 44 heavy (non-hydrogen) atoms. The van der Waals surface area contributed by atoms with Gasteiger partial charge in [-0.05, 0) is 37.0 Å². The van der Waals surface area contributed by atoms with E-state index in [0.717, 1.165) is 0 Å². The quantitative estimate of drug-likeness (QED) is 0.0652. The van der Waals surface area contributed by atoms with Gasteiger partial charge in [0.15, 0.2) is 0 Å². The van der Waals surface area contributed by atoms with Gasteiger partial charge >= 0.3 is 5.97 Å². The van der Waals surface area contributed by atoms with E-state index in [-0.39, 0.29) is 30.6 Å². The predicted octanol–water partition coefficient (Wildman–Crippen LogP) is -1.94. The molecule has 16 nitrogen and oxygen atoms in total. The second-order valence-electron chi connectivity index (χ2n) is 11.9. The molecule has 0 fully saturated rings. The maximum absolute atomic E-state index is 13.4. The van der Waals surface area contributed by atoms with E-state index in [2.05, 4.69) is 26.6 Å². The summed E-state index contributed by atoms with van der Waals surface area (Å²) in [5.41, 5.74) is 10.6. The molecule has 0 saturated carbocycles. The summed E-state index contributed by atoms with van der Waals surface area (Å²) in [5.74, 6) is -6.58. The lowest BCUT2D eigenvalue weighted by atomic mass is 9.99. The molecule has 0 aromatic heterocycles. The first-order valence-electron chi connectivity index (χ1n) is 14.6. The number of aldehydes is 1. The molecule has 250 valence electrons. The van der Waals surface area contributed by atoms with E-state index in [4.69, 9.17) is 11.5 Å². The minimum absolute atomic E-state index is 0.0657. The lowest BCUT2D eigenvalue weighted by Crippen LogP contribution is -2.59. The molecule has 0 rings (SSSR count). The number of carbonyl (C=O) groups excluding carboxylic acids is 7. The van der Waals surface area contributed by atoms with Crippen molar-refractivity contribution in [1.29, 1.82) is 0 Å². The van der Waals surface area contributed by atoms with Crippen molar-refractivity contribution in [3.63, 3.8) is 0 Å². The van der Waals surface area contributed by atoms with Crippen LogP contribution in [0.25, 0.3) is 0 Å². The second kappa shape index (κ2) is 20.0. The Hall–Kier alpha value is -4.08. The van der Waals surface area contributed by atoms with Crippen molar-refractivity contribution in [2.24, 2.45) is 29.2 Å². The monoisotopic (exact) mass is 627 g/mol. The van der Waals surface area contributed by atoms with Gasteiger partial charge in [0.05, 0.1) is 25.4 Å². The van der Waals surface area contributed by atoms with Crippen molar-refractivity contribution in [2.75, 3.05) is 6.54 Å². The number of aliphatic carboxylic acids is 1. The molecule has 0 bridgehead atoms. The number of hydrogen-bond acceptors (Lipinski definition) is 9. The summed E-state index contributed by atoms with van der Waals surface area (Å²) >= 11 is 0. The largest absolute Gasteiger partial charge is 0.481 e. The summed E-state index contributed by atoms with van der Waals surface area (Å²) in [4.78, 5) is 98.8. The number of nitrogens with two attached hydrogens (primary N) is 2. The van der Waals surface area contributed by atoms with Crippen LogP contribution in [0.4, 0.5) is 0 Å². The minimum Gasteiger partial charge on any atom is -0.481 e. The Kier molecular flexibility index (Phi) is 18.1. The highest BCUT2D eigenvalue weighted by Crippen LogP contribution is 2.11. The maximum Gasteiger partial charge on any atom is 0.305 e. The predicted molar refractivity (Wildman–Crippen MR) is 159 cm³/mol. The summed E-state index contributed by atoms with van der Waals surface area (Å²) in [6, 6.07) is -6.26. The highest BCUT2D eigenvalue weighted by Gasteiger charge is 2.33. The first-order valence-corrected chi connectivity index (χ1v) is 14.6. The third-order valence-corrected chi connectivity index (χ3v) is 6.15. The summed E-state index contributed by atoms with van der Waals surface area (Å²) in [6.07, 6.45) is -0.271. The Morgan fingerprint density at radius 2 is 1.00 bits per heavy atom. The summed E-state index contributed by atoms with van der Waals surface area (Å²) in [7, 11) is 0.